The highest BCUT2D eigenvalue weighted by Crippen LogP contribution is 1.91. The third-order valence-corrected chi connectivity index (χ3v) is 2.68. The fourth-order valence-electron chi connectivity index (χ4n) is 1.62. The van der Waals surface area contributed by atoms with E-state index in [2.05, 4.69) is 21.3 Å². The second kappa shape index (κ2) is 8.50. The largest absolute Gasteiger partial charge is 0.355 e. The van der Waals surface area contributed by atoms with Crippen molar-refractivity contribution in [3.05, 3.63) is 0 Å². The van der Waals surface area contributed by atoms with Gasteiger partial charge in [-0.15, -0.1) is 0 Å². The first-order valence-corrected chi connectivity index (χ1v) is 6.20. The van der Waals surface area contributed by atoms with Gasteiger partial charge in [-0.05, 0) is 19.5 Å². The standard InChI is InChI=1S/C11H24N4O/c1-10-9-14-6-5-12-3-2-4-13-7-8-15-11(10)16/h10,12-14H,2-9H2,1H3,(H,15,16). The Morgan fingerprint density at radius 1 is 0.938 bits per heavy atom. The van der Waals surface area contributed by atoms with E-state index in [-0.39, 0.29) is 11.8 Å². The van der Waals surface area contributed by atoms with E-state index in [0.29, 0.717) is 0 Å². The molecule has 1 aliphatic heterocycles. The minimum Gasteiger partial charge on any atom is -0.355 e. The molecule has 0 radical (unpaired) electrons. The second-order valence-corrected chi connectivity index (χ2v) is 4.25. The lowest BCUT2D eigenvalue weighted by atomic mass is 10.1. The Bertz CT molecular complexity index is 198. The number of carbonyl (C=O) groups is 1. The van der Waals surface area contributed by atoms with Crippen molar-refractivity contribution < 1.29 is 4.79 Å². The highest BCUT2D eigenvalue weighted by atomic mass is 16.1. The molecule has 0 aromatic rings. The molecule has 4 N–H and O–H groups in total. The number of amides is 1. The van der Waals surface area contributed by atoms with E-state index in [1.54, 1.807) is 0 Å². The second-order valence-electron chi connectivity index (χ2n) is 4.25. The highest BCUT2D eigenvalue weighted by molar-refractivity contribution is 5.78. The Labute approximate surface area is 97.7 Å². The van der Waals surface area contributed by atoms with Crippen LogP contribution in [0.15, 0.2) is 0 Å². The minimum absolute atomic E-state index is 0.0444. The van der Waals surface area contributed by atoms with Crippen molar-refractivity contribution >= 4 is 5.91 Å². The van der Waals surface area contributed by atoms with Crippen LogP contribution in [0, 0.1) is 5.92 Å². The zero-order chi connectivity index (χ0) is 11.6. The van der Waals surface area contributed by atoms with E-state index >= 15 is 0 Å². The fraction of sp³-hybridized carbons (Fsp3) is 0.909. The molecule has 1 saturated heterocycles. The lowest BCUT2D eigenvalue weighted by molar-refractivity contribution is -0.124. The van der Waals surface area contributed by atoms with Crippen LogP contribution in [0.1, 0.15) is 13.3 Å². The summed E-state index contributed by atoms with van der Waals surface area (Å²) in [5.74, 6) is 0.183. The normalized spacial score (nSPS) is 26.8. The topological polar surface area (TPSA) is 65.2 Å². The Morgan fingerprint density at radius 2 is 1.56 bits per heavy atom. The molecule has 1 fully saturated rings. The van der Waals surface area contributed by atoms with Gasteiger partial charge in [-0.2, -0.15) is 0 Å². The number of rotatable bonds is 0. The van der Waals surface area contributed by atoms with Crippen LogP contribution in [-0.4, -0.2) is 51.7 Å². The van der Waals surface area contributed by atoms with E-state index in [1.807, 2.05) is 6.92 Å². The van der Waals surface area contributed by atoms with Gasteiger partial charge >= 0.3 is 0 Å². The van der Waals surface area contributed by atoms with Gasteiger partial charge in [0.1, 0.15) is 0 Å². The van der Waals surface area contributed by atoms with E-state index in [9.17, 15) is 4.79 Å². The minimum atomic E-state index is 0.0444. The third-order valence-electron chi connectivity index (χ3n) is 2.68. The van der Waals surface area contributed by atoms with Gasteiger partial charge in [0.25, 0.3) is 0 Å². The quantitative estimate of drug-likeness (QED) is 0.425. The molecular formula is C11H24N4O. The van der Waals surface area contributed by atoms with Crippen molar-refractivity contribution in [1.29, 1.82) is 0 Å². The predicted octanol–water partition coefficient (Wildman–Crippen LogP) is -1.09. The van der Waals surface area contributed by atoms with Gasteiger partial charge in [-0.3, -0.25) is 4.79 Å². The van der Waals surface area contributed by atoms with Crippen molar-refractivity contribution in [1.82, 2.24) is 21.3 Å². The van der Waals surface area contributed by atoms with Gasteiger partial charge in [0, 0.05) is 38.6 Å². The molecule has 0 aromatic heterocycles. The lowest BCUT2D eigenvalue weighted by Crippen LogP contribution is -2.40. The molecule has 0 aliphatic carbocycles. The Kier molecular flexibility index (Phi) is 7.12. The van der Waals surface area contributed by atoms with Crippen molar-refractivity contribution in [2.45, 2.75) is 13.3 Å². The average molecular weight is 228 g/mol. The Morgan fingerprint density at radius 3 is 2.31 bits per heavy atom. The molecular weight excluding hydrogens is 204 g/mol. The summed E-state index contributed by atoms with van der Waals surface area (Å²) in [6.45, 7) is 8.22. The smallest absolute Gasteiger partial charge is 0.224 e. The first kappa shape index (κ1) is 13.4. The molecule has 5 heteroatoms. The summed E-state index contributed by atoms with van der Waals surface area (Å²) in [4.78, 5) is 11.6. The van der Waals surface area contributed by atoms with E-state index < -0.39 is 0 Å². The zero-order valence-corrected chi connectivity index (χ0v) is 10.1. The molecule has 1 aliphatic rings. The number of nitrogens with one attached hydrogen (secondary N) is 4. The summed E-state index contributed by atoms with van der Waals surface area (Å²) in [5.41, 5.74) is 0. The molecule has 1 atom stereocenters. The number of hydrogen-bond donors (Lipinski definition) is 4. The summed E-state index contributed by atoms with van der Waals surface area (Å²) in [6.07, 6.45) is 1.13. The van der Waals surface area contributed by atoms with Crippen LogP contribution in [-0.2, 0) is 4.79 Å². The summed E-state index contributed by atoms with van der Waals surface area (Å²) >= 11 is 0. The predicted molar refractivity (Wildman–Crippen MR) is 65.4 cm³/mol. The molecule has 1 heterocycles. The van der Waals surface area contributed by atoms with Crippen molar-refractivity contribution in [3.63, 3.8) is 0 Å². The van der Waals surface area contributed by atoms with E-state index in [0.717, 1.165) is 52.2 Å². The monoisotopic (exact) mass is 228 g/mol. The van der Waals surface area contributed by atoms with Gasteiger partial charge in [0.05, 0.1) is 0 Å². The van der Waals surface area contributed by atoms with Crippen LogP contribution in [0.3, 0.4) is 0 Å². The van der Waals surface area contributed by atoms with Gasteiger partial charge < -0.3 is 21.3 Å². The maximum absolute atomic E-state index is 11.6. The Balaban J connectivity index is 2.24. The average Bonchev–Trinajstić information content (AvgIpc) is 2.29. The molecule has 1 amide bonds. The lowest BCUT2D eigenvalue weighted by Gasteiger charge is -2.15. The maximum atomic E-state index is 11.6. The maximum Gasteiger partial charge on any atom is 0.224 e. The first-order valence-electron chi connectivity index (χ1n) is 6.20. The van der Waals surface area contributed by atoms with E-state index in [1.165, 1.54) is 0 Å². The van der Waals surface area contributed by atoms with Crippen molar-refractivity contribution in [2.75, 3.05) is 45.8 Å². The molecule has 0 spiro atoms. The molecule has 0 bridgehead atoms. The summed E-state index contributed by atoms with van der Waals surface area (Å²) in [6, 6.07) is 0. The number of hydrogen-bond acceptors (Lipinski definition) is 4. The molecule has 5 nitrogen and oxygen atoms in total. The molecule has 1 rings (SSSR count). The molecule has 94 valence electrons. The molecule has 0 aromatic carbocycles. The Hall–Kier alpha value is -0.650. The van der Waals surface area contributed by atoms with Crippen LogP contribution in [0.25, 0.3) is 0 Å². The third kappa shape index (κ3) is 6.05. The van der Waals surface area contributed by atoms with Crippen molar-refractivity contribution in [2.24, 2.45) is 5.92 Å². The molecule has 0 saturated carbocycles. The van der Waals surface area contributed by atoms with Gasteiger partial charge in [0.2, 0.25) is 5.91 Å². The van der Waals surface area contributed by atoms with Gasteiger partial charge in [0.15, 0.2) is 0 Å². The highest BCUT2D eigenvalue weighted by Gasteiger charge is 2.11. The van der Waals surface area contributed by atoms with Gasteiger partial charge in [-0.1, -0.05) is 6.92 Å². The van der Waals surface area contributed by atoms with Crippen LogP contribution in [0.2, 0.25) is 0 Å². The SMILES string of the molecule is CC1CNCCNCCCNCCNC1=O. The van der Waals surface area contributed by atoms with Crippen molar-refractivity contribution in [3.8, 4) is 0 Å². The first-order chi connectivity index (χ1) is 7.80. The number of carbonyl (C=O) groups excluding carboxylic acids is 1. The van der Waals surface area contributed by atoms with E-state index in [4.69, 9.17) is 0 Å². The van der Waals surface area contributed by atoms with Crippen LogP contribution >= 0.6 is 0 Å². The fourth-order valence-corrected chi connectivity index (χ4v) is 1.62. The van der Waals surface area contributed by atoms with Crippen LogP contribution < -0.4 is 21.3 Å². The molecule has 16 heavy (non-hydrogen) atoms. The van der Waals surface area contributed by atoms with Crippen LogP contribution in [0.4, 0.5) is 0 Å². The van der Waals surface area contributed by atoms with Gasteiger partial charge in [-0.25, -0.2) is 0 Å². The summed E-state index contributed by atoms with van der Waals surface area (Å²) in [7, 11) is 0. The zero-order valence-electron chi connectivity index (χ0n) is 10.1. The summed E-state index contributed by atoms with van der Waals surface area (Å²) in [5, 5.41) is 12.9. The van der Waals surface area contributed by atoms with Crippen LogP contribution in [0.5, 0.6) is 0 Å². The summed E-state index contributed by atoms with van der Waals surface area (Å²) < 4.78 is 0. The molecule has 1 unspecified atom stereocenters.